The Labute approximate surface area is 150 Å². The van der Waals surface area contributed by atoms with Crippen molar-refractivity contribution in [2.24, 2.45) is 0 Å². The number of nitrogens with zero attached hydrogens (tertiary/aromatic N) is 1. The van der Waals surface area contributed by atoms with E-state index in [2.05, 4.69) is 15.5 Å². The molecule has 0 atom stereocenters. The zero-order chi connectivity index (χ0) is 18.1. The Morgan fingerprint density at radius 3 is 2.48 bits per heavy atom. The van der Waals surface area contributed by atoms with Gasteiger partial charge in [-0.15, -0.1) is 0 Å². The number of likely N-dealkylation sites (N-methyl/N-ethyl adjacent to an activating group) is 2. The van der Waals surface area contributed by atoms with Crippen LogP contribution in [0, 0.1) is 0 Å². The molecule has 0 fully saturated rings. The van der Waals surface area contributed by atoms with Crippen LogP contribution < -0.4 is 15.4 Å². The smallest absolute Gasteiger partial charge is 0.255 e. The van der Waals surface area contributed by atoms with Gasteiger partial charge in [-0.1, -0.05) is 18.2 Å². The molecule has 2 aromatic rings. The first-order valence-electron chi connectivity index (χ1n) is 8.51. The van der Waals surface area contributed by atoms with Crippen molar-refractivity contribution in [2.75, 3.05) is 46.2 Å². The van der Waals surface area contributed by atoms with E-state index in [0.29, 0.717) is 12.2 Å². The number of ether oxygens (including phenoxy) is 1. The Balaban J connectivity index is 1.96. The number of amides is 1. The van der Waals surface area contributed by atoms with Gasteiger partial charge in [-0.3, -0.25) is 4.79 Å². The lowest BCUT2D eigenvalue weighted by molar-refractivity contribution is 0.102. The van der Waals surface area contributed by atoms with E-state index < -0.39 is 0 Å². The molecule has 0 heterocycles. The molecule has 0 bridgehead atoms. The molecule has 25 heavy (non-hydrogen) atoms. The lowest BCUT2D eigenvalue weighted by Gasteiger charge is -2.12. The largest absolute Gasteiger partial charge is 0.492 e. The third-order valence-corrected chi connectivity index (χ3v) is 3.83. The minimum atomic E-state index is -0.0898. The number of anilines is 1. The third-order valence-electron chi connectivity index (χ3n) is 3.83. The van der Waals surface area contributed by atoms with Gasteiger partial charge in [0, 0.05) is 17.8 Å². The van der Waals surface area contributed by atoms with Gasteiger partial charge in [0.2, 0.25) is 0 Å². The predicted octanol–water partition coefficient (Wildman–Crippen LogP) is 2.64. The molecule has 0 unspecified atom stereocenters. The normalized spacial score (nSPS) is 10.7. The summed E-state index contributed by atoms with van der Waals surface area (Å²) in [5.74, 6) is 0.710. The monoisotopic (exact) mass is 341 g/mol. The fraction of sp³-hybridized carbons (Fsp3) is 0.350. The number of benzene rings is 2. The predicted molar refractivity (Wildman–Crippen MR) is 103 cm³/mol. The van der Waals surface area contributed by atoms with Crippen molar-refractivity contribution < 1.29 is 9.53 Å². The highest BCUT2D eigenvalue weighted by molar-refractivity contribution is 6.05. The van der Waals surface area contributed by atoms with E-state index in [1.807, 2.05) is 69.7 Å². The molecule has 0 saturated heterocycles. The van der Waals surface area contributed by atoms with Crippen molar-refractivity contribution in [3.63, 3.8) is 0 Å². The summed E-state index contributed by atoms with van der Waals surface area (Å²) >= 11 is 0. The topological polar surface area (TPSA) is 53.6 Å². The maximum atomic E-state index is 12.6. The van der Waals surface area contributed by atoms with Crippen LogP contribution in [0.4, 0.5) is 5.69 Å². The van der Waals surface area contributed by atoms with Crippen LogP contribution in [0.2, 0.25) is 0 Å². The first kappa shape index (κ1) is 19.0. The summed E-state index contributed by atoms with van der Waals surface area (Å²) in [6.45, 7) is 2.34. The molecule has 0 spiro atoms. The lowest BCUT2D eigenvalue weighted by atomic mass is 10.0. The first-order chi connectivity index (χ1) is 12.1. The van der Waals surface area contributed by atoms with Crippen LogP contribution in [0.1, 0.15) is 15.9 Å². The van der Waals surface area contributed by atoms with Gasteiger partial charge in [-0.25, -0.2) is 0 Å². The van der Waals surface area contributed by atoms with Crippen molar-refractivity contribution in [3.8, 4) is 5.75 Å². The molecule has 0 aliphatic carbocycles. The van der Waals surface area contributed by atoms with Crippen LogP contribution in [0.15, 0.2) is 48.5 Å². The fourth-order valence-electron chi connectivity index (χ4n) is 2.40. The molecule has 0 radical (unpaired) electrons. The van der Waals surface area contributed by atoms with Crippen LogP contribution >= 0.6 is 0 Å². The Kier molecular flexibility index (Phi) is 7.44. The molecule has 5 heteroatoms. The van der Waals surface area contributed by atoms with E-state index in [1.165, 1.54) is 0 Å². The molecule has 0 saturated carbocycles. The molecule has 0 aliphatic heterocycles. The second kappa shape index (κ2) is 9.81. The summed E-state index contributed by atoms with van der Waals surface area (Å²) in [5.41, 5.74) is 2.51. The van der Waals surface area contributed by atoms with Crippen molar-refractivity contribution in [3.05, 3.63) is 59.7 Å². The van der Waals surface area contributed by atoms with Crippen LogP contribution in [-0.2, 0) is 6.42 Å². The number of carbonyl (C=O) groups excluding carboxylic acids is 1. The van der Waals surface area contributed by atoms with Crippen LogP contribution in [0.3, 0.4) is 0 Å². The molecule has 2 aromatic carbocycles. The summed E-state index contributed by atoms with van der Waals surface area (Å²) in [5, 5.41) is 6.07. The van der Waals surface area contributed by atoms with Crippen LogP contribution in [-0.4, -0.2) is 51.6 Å². The maximum absolute atomic E-state index is 12.6. The zero-order valence-corrected chi connectivity index (χ0v) is 15.2. The van der Waals surface area contributed by atoms with Gasteiger partial charge in [0.1, 0.15) is 12.4 Å². The average molecular weight is 341 g/mol. The zero-order valence-electron chi connectivity index (χ0n) is 15.2. The van der Waals surface area contributed by atoms with E-state index in [-0.39, 0.29) is 5.91 Å². The Hall–Kier alpha value is -2.37. The Morgan fingerprint density at radius 1 is 1.08 bits per heavy atom. The van der Waals surface area contributed by atoms with Crippen molar-refractivity contribution in [1.82, 2.24) is 10.2 Å². The molecule has 2 rings (SSSR count). The first-order valence-corrected chi connectivity index (χ1v) is 8.51. The molecule has 2 N–H and O–H groups in total. The quantitative estimate of drug-likeness (QED) is 0.736. The van der Waals surface area contributed by atoms with Gasteiger partial charge in [-0.05, 0) is 70.0 Å². The summed E-state index contributed by atoms with van der Waals surface area (Å²) < 4.78 is 5.66. The number of rotatable bonds is 9. The maximum Gasteiger partial charge on any atom is 0.255 e. The highest BCUT2D eigenvalue weighted by Gasteiger charge is 2.11. The molecular formula is C20H27N3O2. The van der Waals surface area contributed by atoms with Crippen molar-refractivity contribution in [1.29, 1.82) is 0 Å². The van der Waals surface area contributed by atoms with E-state index in [1.54, 1.807) is 0 Å². The minimum absolute atomic E-state index is 0.0898. The van der Waals surface area contributed by atoms with E-state index >= 15 is 0 Å². The highest BCUT2D eigenvalue weighted by atomic mass is 16.5. The molecule has 1 amide bonds. The summed E-state index contributed by atoms with van der Waals surface area (Å²) in [7, 11) is 5.93. The standard InChI is InChI=1S/C20H27N3O2/c1-21-13-12-16-6-4-5-7-19(16)20(24)22-17-8-10-18(11-9-17)25-15-14-23(2)3/h4-11,21H,12-15H2,1-3H3,(H,22,24). The Bertz CT molecular complexity index is 669. The molecule has 5 nitrogen and oxygen atoms in total. The van der Waals surface area contributed by atoms with Gasteiger partial charge in [0.25, 0.3) is 5.91 Å². The SMILES string of the molecule is CNCCc1ccccc1C(=O)Nc1ccc(OCCN(C)C)cc1. The van der Waals surface area contributed by atoms with Gasteiger partial charge >= 0.3 is 0 Å². The molecular weight excluding hydrogens is 314 g/mol. The molecule has 0 aliphatic rings. The number of hydrogen-bond donors (Lipinski definition) is 2. The summed E-state index contributed by atoms with van der Waals surface area (Å²) in [6, 6.07) is 15.2. The summed E-state index contributed by atoms with van der Waals surface area (Å²) in [6.07, 6.45) is 0.818. The minimum Gasteiger partial charge on any atom is -0.492 e. The Morgan fingerprint density at radius 2 is 1.80 bits per heavy atom. The van der Waals surface area contributed by atoms with Gasteiger partial charge in [-0.2, -0.15) is 0 Å². The van der Waals surface area contributed by atoms with Gasteiger partial charge in [0.15, 0.2) is 0 Å². The number of hydrogen-bond acceptors (Lipinski definition) is 4. The summed E-state index contributed by atoms with van der Waals surface area (Å²) in [4.78, 5) is 14.6. The molecule has 0 aromatic heterocycles. The highest BCUT2D eigenvalue weighted by Crippen LogP contribution is 2.17. The number of carbonyl (C=O) groups is 1. The van der Waals surface area contributed by atoms with Crippen LogP contribution in [0.25, 0.3) is 0 Å². The second-order valence-electron chi connectivity index (χ2n) is 6.14. The second-order valence-corrected chi connectivity index (χ2v) is 6.14. The third kappa shape index (κ3) is 6.21. The van der Waals surface area contributed by atoms with Crippen molar-refractivity contribution >= 4 is 11.6 Å². The van der Waals surface area contributed by atoms with Crippen LogP contribution in [0.5, 0.6) is 5.75 Å². The fourth-order valence-corrected chi connectivity index (χ4v) is 2.40. The van der Waals surface area contributed by atoms with E-state index in [0.717, 1.165) is 36.5 Å². The number of nitrogens with one attached hydrogen (secondary N) is 2. The van der Waals surface area contributed by atoms with Gasteiger partial charge < -0.3 is 20.3 Å². The lowest BCUT2D eigenvalue weighted by Crippen LogP contribution is -2.19. The van der Waals surface area contributed by atoms with E-state index in [9.17, 15) is 4.79 Å². The molecule has 134 valence electrons. The van der Waals surface area contributed by atoms with E-state index in [4.69, 9.17) is 4.74 Å². The van der Waals surface area contributed by atoms with Gasteiger partial charge in [0.05, 0.1) is 0 Å². The average Bonchev–Trinajstić information content (AvgIpc) is 2.61. The van der Waals surface area contributed by atoms with Crippen molar-refractivity contribution in [2.45, 2.75) is 6.42 Å².